The van der Waals surface area contributed by atoms with Crippen LogP contribution < -0.4 is 5.32 Å². The van der Waals surface area contributed by atoms with Gasteiger partial charge in [-0.3, -0.25) is 19.2 Å². The van der Waals surface area contributed by atoms with Gasteiger partial charge in [-0.1, -0.05) is 19.1 Å². The molecule has 1 fully saturated rings. The maximum atomic E-state index is 12.3. The Balaban J connectivity index is 1.79. The molecule has 1 aliphatic heterocycles. The van der Waals surface area contributed by atoms with E-state index in [9.17, 15) is 9.59 Å². The largest absolute Gasteiger partial charge is 0.305 e. The van der Waals surface area contributed by atoms with Crippen LogP contribution in [0.2, 0.25) is 0 Å². The van der Waals surface area contributed by atoms with Crippen molar-refractivity contribution in [3.05, 3.63) is 12.4 Å². The fraction of sp³-hybridized carbons (Fsp3) is 0.714. The summed E-state index contributed by atoms with van der Waals surface area (Å²) in [5.41, 5.74) is 0. The van der Waals surface area contributed by atoms with Crippen molar-refractivity contribution >= 4 is 11.8 Å². The number of carbonyl (C=O) groups excluding carboxylic acids is 2. The standard InChI is InChI=1S/C14H23N5O2/c1-3-11(4-2)19-13(20)10-12(14(19)21)15-6-5-8-18-9-7-16-17-18/h7,9,11-12,15H,3-6,8,10H2,1-2H3. The summed E-state index contributed by atoms with van der Waals surface area (Å²) in [7, 11) is 0. The molecule has 7 nitrogen and oxygen atoms in total. The predicted molar refractivity (Wildman–Crippen MR) is 77.3 cm³/mol. The quantitative estimate of drug-likeness (QED) is 0.560. The van der Waals surface area contributed by atoms with Gasteiger partial charge in [-0.15, -0.1) is 5.10 Å². The third kappa shape index (κ3) is 3.66. The van der Waals surface area contributed by atoms with Gasteiger partial charge < -0.3 is 5.32 Å². The van der Waals surface area contributed by atoms with Gasteiger partial charge in [-0.2, -0.15) is 0 Å². The van der Waals surface area contributed by atoms with Crippen LogP contribution in [0.15, 0.2) is 12.4 Å². The summed E-state index contributed by atoms with van der Waals surface area (Å²) in [6.07, 6.45) is 6.18. The van der Waals surface area contributed by atoms with E-state index in [4.69, 9.17) is 0 Å². The topological polar surface area (TPSA) is 80.1 Å². The first-order valence-electron chi connectivity index (χ1n) is 7.60. The Morgan fingerprint density at radius 2 is 2.14 bits per heavy atom. The lowest BCUT2D eigenvalue weighted by molar-refractivity contribution is -0.141. The molecule has 0 radical (unpaired) electrons. The highest BCUT2D eigenvalue weighted by Crippen LogP contribution is 2.20. The smallest absolute Gasteiger partial charge is 0.247 e. The average Bonchev–Trinajstić information content (AvgIpc) is 3.08. The first-order chi connectivity index (χ1) is 10.2. The number of hydrogen-bond donors (Lipinski definition) is 1. The minimum atomic E-state index is -0.367. The van der Waals surface area contributed by atoms with Crippen molar-refractivity contribution in [3.63, 3.8) is 0 Å². The number of aryl methyl sites for hydroxylation is 1. The number of nitrogens with zero attached hydrogens (tertiary/aromatic N) is 4. The van der Waals surface area contributed by atoms with E-state index in [-0.39, 0.29) is 30.3 Å². The van der Waals surface area contributed by atoms with Gasteiger partial charge in [-0.05, 0) is 25.8 Å². The van der Waals surface area contributed by atoms with Gasteiger partial charge in [0.05, 0.1) is 18.7 Å². The molecule has 1 aromatic rings. The Morgan fingerprint density at radius 3 is 2.76 bits per heavy atom. The van der Waals surface area contributed by atoms with E-state index in [0.29, 0.717) is 6.54 Å². The lowest BCUT2D eigenvalue weighted by Crippen LogP contribution is -2.43. The average molecular weight is 293 g/mol. The molecule has 0 saturated carbocycles. The monoisotopic (exact) mass is 293 g/mol. The Hall–Kier alpha value is -1.76. The van der Waals surface area contributed by atoms with Crippen LogP contribution in [0.25, 0.3) is 0 Å². The summed E-state index contributed by atoms with van der Waals surface area (Å²) in [5, 5.41) is 10.8. The van der Waals surface area contributed by atoms with Gasteiger partial charge in [0.25, 0.3) is 0 Å². The minimum Gasteiger partial charge on any atom is -0.305 e. The molecule has 0 aliphatic carbocycles. The van der Waals surface area contributed by atoms with Gasteiger partial charge in [0, 0.05) is 18.8 Å². The molecule has 2 rings (SSSR count). The van der Waals surface area contributed by atoms with E-state index in [1.54, 1.807) is 17.1 Å². The summed E-state index contributed by atoms with van der Waals surface area (Å²) in [5.74, 6) is -0.128. The van der Waals surface area contributed by atoms with Gasteiger partial charge in [0.15, 0.2) is 0 Å². The highest BCUT2D eigenvalue weighted by Gasteiger charge is 2.40. The number of rotatable bonds is 8. The highest BCUT2D eigenvalue weighted by molar-refractivity contribution is 6.05. The van der Waals surface area contributed by atoms with Gasteiger partial charge >= 0.3 is 0 Å². The predicted octanol–water partition coefficient (Wildman–Crippen LogP) is 0.574. The molecule has 0 aromatic carbocycles. The van der Waals surface area contributed by atoms with E-state index >= 15 is 0 Å². The van der Waals surface area contributed by atoms with Crippen LogP contribution in [0.4, 0.5) is 0 Å². The van der Waals surface area contributed by atoms with E-state index in [2.05, 4.69) is 15.6 Å². The molecule has 1 unspecified atom stereocenters. The summed E-state index contributed by atoms with van der Waals surface area (Å²) in [6.45, 7) is 5.44. The number of aromatic nitrogens is 3. The maximum absolute atomic E-state index is 12.3. The molecule has 1 aromatic heterocycles. The number of likely N-dealkylation sites (tertiary alicyclic amines) is 1. The van der Waals surface area contributed by atoms with Gasteiger partial charge in [0.1, 0.15) is 0 Å². The maximum Gasteiger partial charge on any atom is 0.247 e. The van der Waals surface area contributed by atoms with Crippen molar-refractivity contribution in [1.82, 2.24) is 25.2 Å². The van der Waals surface area contributed by atoms with E-state index in [1.807, 2.05) is 13.8 Å². The van der Waals surface area contributed by atoms with Crippen LogP contribution >= 0.6 is 0 Å². The molecule has 7 heteroatoms. The van der Waals surface area contributed by atoms with E-state index in [1.165, 1.54) is 4.90 Å². The molecule has 21 heavy (non-hydrogen) atoms. The van der Waals surface area contributed by atoms with Crippen LogP contribution in [-0.2, 0) is 16.1 Å². The molecule has 1 saturated heterocycles. The Morgan fingerprint density at radius 1 is 1.38 bits per heavy atom. The van der Waals surface area contributed by atoms with Gasteiger partial charge in [-0.25, -0.2) is 0 Å². The first-order valence-corrected chi connectivity index (χ1v) is 7.60. The fourth-order valence-corrected chi connectivity index (χ4v) is 2.72. The van der Waals surface area contributed by atoms with Crippen molar-refractivity contribution in [1.29, 1.82) is 0 Å². The summed E-state index contributed by atoms with van der Waals surface area (Å²) in [6, 6.07) is -0.333. The lowest BCUT2D eigenvalue weighted by Gasteiger charge is -2.24. The molecular weight excluding hydrogens is 270 g/mol. The fourth-order valence-electron chi connectivity index (χ4n) is 2.72. The number of hydrogen-bond acceptors (Lipinski definition) is 5. The SMILES string of the molecule is CCC(CC)N1C(=O)CC(NCCCn2ccnn2)C1=O. The van der Waals surface area contributed by atoms with E-state index < -0.39 is 0 Å². The molecule has 1 aliphatic rings. The third-order valence-corrected chi connectivity index (χ3v) is 3.92. The number of amides is 2. The Labute approximate surface area is 124 Å². The molecule has 0 spiro atoms. The zero-order chi connectivity index (χ0) is 15.2. The molecular formula is C14H23N5O2. The molecule has 2 amide bonds. The Bertz CT molecular complexity index is 470. The van der Waals surface area contributed by atoms with Crippen LogP contribution in [0.5, 0.6) is 0 Å². The number of carbonyl (C=O) groups is 2. The zero-order valence-corrected chi connectivity index (χ0v) is 12.7. The molecule has 2 heterocycles. The number of imide groups is 1. The van der Waals surface area contributed by atoms with Gasteiger partial charge in [0.2, 0.25) is 11.8 Å². The summed E-state index contributed by atoms with van der Waals surface area (Å²) >= 11 is 0. The Kier molecular flexibility index (Phi) is 5.44. The van der Waals surface area contributed by atoms with Crippen LogP contribution in [0, 0.1) is 0 Å². The molecule has 116 valence electrons. The molecule has 1 atom stereocenters. The molecule has 0 bridgehead atoms. The third-order valence-electron chi connectivity index (χ3n) is 3.92. The van der Waals surface area contributed by atoms with Crippen molar-refractivity contribution in [3.8, 4) is 0 Å². The van der Waals surface area contributed by atoms with Crippen LogP contribution in [-0.4, -0.2) is 50.3 Å². The second-order valence-electron chi connectivity index (χ2n) is 5.30. The van der Waals surface area contributed by atoms with Crippen LogP contribution in [0.1, 0.15) is 39.5 Å². The highest BCUT2D eigenvalue weighted by atomic mass is 16.2. The summed E-state index contributed by atoms with van der Waals surface area (Å²) in [4.78, 5) is 25.8. The van der Waals surface area contributed by atoms with Crippen molar-refractivity contribution in [2.24, 2.45) is 0 Å². The van der Waals surface area contributed by atoms with Crippen molar-refractivity contribution < 1.29 is 9.59 Å². The lowest BCUT2D eigenvalue weighted by atomic mass is 10.1. The second-order valence-corrected chi connectivity index (χ2v) is 5.30. The van der Waals surface area contributed by atoms with Crippen molar-refractivity contribution in [2.75, 3.05) is 6.54 Å². The zero-order valence-electron chi connectivity index (χ0n) is 12.7. The van der Waals surface area contributed by atoms with E-state index in [0.717, 1.165) is 25.8 Å². The minimum absolute atomic E-state index is 0.0342. The van der Waals surface area contributed by atoms with Crippen LogP contribution in [0.3, 0.4) is 0 Å². The second kappa shape index (κ2) is 7.31. The molecule has 1 N–H and O–H groups in total. The summed E-state index contributed by atoms with van der Waals surface area (Å²) < 4.78 is 1.75. The van der Waals surface area contributed by atoms with Crippen molar-refractivity contribution in [2.45, 2.75) is 58.2 Å². The number of nitrogens with one attached hydrogen (secondary N) is 1. The normalized spacial score (nSPS) is 19.0. The first kappa shape index (κ1) is 15.6.